The summed E-state index contributed by atoms with van der Waals surface area (Å²) in [7, 11) is 0. The molecule has 2 amide bonds. The summed E-state index contributed by atoms with van der Waals surface area (Å²) < 4.78 is 0. The molecule has 3 N–H and O–H groups in total. The van der Waals surface area contributed by atoms with Crippen molar-refractivity contribution in [2.75, 3.05) is 5.32 Å². The van der Waals surface area contributed by atoms with Gasteiger partial charge < -0.3 is 25.9 Å². The van der Waals surface area contributed by atoms with Crippen molar-refractivity contribution in [2.24, 2.45) is 0 Å². The standard InChI is InChI=1S/C12H14N3O3.Rb.Y/c1-2-10(16)15-9-4-3-7-5-12(18,11(13)17)6-8(7)14-9;;/h4,18H,2,5-6H2,1H3,(H3,13,14,15,16,17);;/q-1;+1;/p-1. The van der Waals surface area contributed by atoms with Crippen molar-refractivity contribution in [3.63, 3.8) is 0 Å². The molecule has 0 aliphatic heterocycles. The van der Waals surface area contributed by atoms with E-state index in [1.165, 1.54) is 6.07 Å². The van der Waals surface area contributed by atoms with Crippen LogP contribution in [0, 0.1) is 6.07 Å². The molecule has 1 aromatic rings. The van der Waals surface area contributed by atoms with Crippen LogP contribution in [-0.4, -0.2) is 27.5 Å². The smallest absolute Gasteiger partial charge is 0.665 e. The number of pyridine rings is 1. The van der Waals surface area contributed by atoms with Gasteiger partial charge in [0.15, 0.2) is 0 Å². The van der Waals surface area contributed by atoms with E-state index >= 15 is 0 Å². The Labute approximate surface area is 191 Å². The number of hydrogen-bond acceptors (Lipinski definition) is 4. The molecule has 0 fully saturated rings. The summed E-state index contributed by atoms with van der Waals surface area (Å²) in [4.78, 5) is 26.4. The fourth-order valence-electron chi connectivity index (χ4n) is 1.87. The molecule has 0 saturated carbocycles. The zero-order valence-corrected chi connectivity index (χ0v) is 19.2. The number of aromatic nitrogens is 1. The number of nitrogens with zero attached hydrogens (tertiary/aromatic N) is 1. The van der Waals surface area contributed by atoms with Crippen LogP contribution in [0.15, 0.2) is 6.07 Å². The Morgan fingerprint density at radius 1 is 1.55 bits per heavy atom. The second kappa shape index (κ2) is 8.55. The molecule has 0 spiro atoms. The Balaban J connectivity index is 0.00000180. The summed E-state index contributed by atoms with van der Waals surface area (Å²) in [5.74, 6) is -0.837. The number of rotatable bonds is 3. The number of nitrogens with one attached hydrogen (secondary N) is 2. The molecule has 0 bridgehead atoms. The molecule has 6 nitrogen and oxygen atoms in total. The van der Waals surface area contributed by atoms with Gasteiger partial charge in [0, 0.05) is 44.9 Å². The molecular formula is C12H13N3O3RbY-. The van der Waals surface area contributed by atoms with Crippen LogP contribution in [0.25, 0.3) is 5.73 Å². The van der Waals surface area contributed by atoms with E-state index in [2.05, 4.69) is 16.4 Å². The Morgan fingerprint density at radius 3 is 2.75 bits per heavy atom. The first-order valence-electron chi connectivity index (χ1n) is 5.63. The summed E-state index contributed by atoms with van der Waals surface area (Å²) in [6.45, 7) is 1.73. The molecule has 99 valence electrons. The predicted octanol–water partition coefficient (Wildman–Crippen LogP) is -2.36. The minimum atomic E-state index is -1.70. The first-order chi connectivity index (χ1) is 8.44. The Morgan fingerprint density at radius 2 is 2.20 bits per heavy atom. The topological polar surface area (TPSA) is 103 Å². The Hall–Kier alpha value is 0.959. The molecular weight excluding hydrogens is 409 g/mol. The van der Waals surface area contributed by atoms with Crippen LogP contribution >= 0.6 is 0 Å². The van der Waals surface area contributed by atoms with E-state index < -0.39 is 11.5 Å². The van der Waals surface area contributed by atoms with Gasteiger partial charge in [-0.25, -0.2) is 0 Å². The summed E-state index contributed by atoms with van der Waals surface area (Å²) in [5.41, 5.74) is 6.47. The van der Waals surface area contributed by atoms with Gasteiger partial charge in [-0.1, -0.05) is 12.6 Å². The van der Waals surface area contributed by atoms with Crippen LogP contribution in [0.5, 0.6) is 0 Å². The van der Waals surface area contributed by atoms with Gasteiger partial charge in [-0.2, -0.15) is 6.07 Å². The number of anilines is 1. The fraction of sp³-hybridized carbons (Fsp3) is 0.417. The summed E-state index contributed by atoms with van der Waals surface area (Å²) >= 11 is 0. The Kier molecular flexibility index (Phi) is 8.96. The zero-order chi connectivity index (χ0) is 13.3. The molecule has 2 rings (SSSR count). The van der Waals surface area contributed by atoms with E-state index in [1.807, 2.05) is 0 Å². The van der Waals surface area contributed by atoms with Gasteiger partial charge in [-0.15, -0.1) is 11.6 Å². The van der Waals surface area contributed by atoms with Crippen LogP contribution in [0.1, 0.15) is 24.6 Å². The van der Waals surface area contributed by atoms with Crippen molar-refractivity contribution in [1.29, 1.82) is 0 Å². The summed E-state index contributed by atoms with van der Waals surface area (Å²) in [6, 6.07) is 4.39. The molecule has 1 atom stereocenters. The third-order valence-corrected chi connectivity index (χ3v) is 2.93. The van der Waals surface area contributed by atoms with Crippen molar-refractivity contribution in [2.45, 2.75) is 31.8 Å². The maximum Gasteiger partial charge on any atom is 1.00 e. The Bertz CT molecular complexity index is 527. The third kappa shape index (κ3) is 4.73. The van der Waals surface area contributed by atoms with Gasteiger partial charge >= 0.3 is 58.2 Å². The van der Waals surface area contributed by atoms with Crippen LogP contribution in [0.2, 0.25) is 0 Å². The zero-order valence-electron chi connectivity index (χ0n) is 11.5. The average Bonchev–Trinajstić information content (AvgIpc) is 2.66. The minimum Gasteiger partial charge on any atom is -0.665 e. The van der Waals surface area contributed by atoms with E-state index in [0.717, 1.165) is 0 Å². The van der Waals surface area contributed by atoms with E-state index in [0.29, 0.717) is 23.5 Å². The molecule has 1 aliphatic rings. The maximum absolute atomic E-state index is 11.2. The molecule has 8 heteroatoms. The number of hydrogen-bond donors (Lipinski definition) is 2. The van der Waals surface area contributed by atoms with Gasteiger partial charge in [0.2, 0.25) is 5.91 Å². The molecule has 1 aromatic heterocycles. The second-order valence-corrected chi connectivity index (χ2v) is 4.33. The summed E-state index contributed by atoms with van der Waals surface area (Å²) in [6.07, 6.45) is 0.393. The number of carbonyl (C=O) groups is 2. The summed E-state index contributed by atoms with van der Waals surface area (Å²) in [5, 5.41) is 12.5. The fourth-order valence-corrected chi connectivity index (χ4v) is 1.87. The minimum absolute atomic E-state index is 0. The average molecular weight is 422 g/mol. The molecule has 1 radical (unpaired) electrons. The van der Waals surface area contributed by atoms with E-state index in [-0.39, 0.29) is 110 Å². The largest absolute Gasteiger partial charge is 1.00 e. The molecule has 0 aromatic carbocycles. The second-order valence-electron chi connectivity index (χ2n) is 4.33. The van der Waals surface area contributed by atoms with Crippen LogP contribution in [0.4, 0.5) is 5.82 Å². The monoisotopic (exact) mass is 421 g/mol. The van der Waals surface area contributed by atoms with Gasteiger partial charge in [-0.3, -0.25) is 4.79 Å². The van der Waals surface area contributed by atoms with E-state index in [1.54, 1.807) is 6.92 Å². The normalized spacial score (nSPS) is 19.3. The van der Waals surface area contributed by atoms with Crippen LogP contribution in [-0.2, 0) is 55.1 Å². The van der Waals surface area contributed by atoms with E-state index in [9.17, 15) is 14.7 Å². The molecule has 1 unspecified atom stereocenters. The van der Waals surface area contributed by atoms with Gasteiger partial charge in [0.1, 0.15) is 5.60 Å². The van der Waals surface area contributed by atoms with Crippen molar-refractivity contribution < 1.29 is 106 Å². The number of fused-ring (bicyclic) bond motifs is 1. The quantitative estimate of drug-likeness (QED) is 0.533. The maximum atomic E-state index is 11.2. The van der Waals surface area contributed by atoms with Crippen molar-refractivity contribution in [1.82, 2.24) is 4.98 Å². The predicted molar refractivity (Wildman–Crippen MR) is 63.7 cm³/mol. The molecule has 20 heavy (non-hydrogen) atoms. The van der Waals surface area contributed by atoms with E-state index in [4.69, 9.17) is 5.73 Å². The van der Waals surface area contributed by atoms with Gasteiger partial charge in [-0.05, 0) is 12.8 Å². The number of amides is 2. The van der Waals surface area contributed by atoms with Crippen molar-refractivity contribution >= 4 is 17.6 Å². The molecule has 0 saturated heterocycles. The van der Waals surface area contributed by atoms with Gasteiger partial charge in [0.05, 0.1) is 5.91 Å². The number of aliphatic hydroxyl groups is 1. The molecule has 1 aliphatic carbocycles. The van der Waals surface area contributed by atoms with Crippen LogP contribution < -0.4 is 63.5 Å². The van der Waals surface area contributed by atoms with Crippen molar-refractivity contribution in [3.05, 3.63) is 29.1 Å². The first kappa shape index (κ1) is 21.0. The SMILES string of the molecule is CCC(=O)Nc1c[c-]c2c(n1)CC(O)(C([NH-])=O)C2.[Rb+].[Y]. The first-order valence-corrected chi connectivity index (χ1v) is 5.63. The van der Waals surface area contributed by atoms with Crippen LogP contribution in [0.3, 0.4) is 0 Å². The van der Waals surface area contributed by atoms with Crippen molar-refractivity contribution in [3.8, 4) is 0 Å². The number of carbonyl (C=O) groups excluding carboxylic acids is 2. The molecule has 1 heterocycles. The van der Waals surface area contributed by atoms with Gasteiger partial charge in [0.25, 0.3) is 0 Å². The third-order valence-electron chi connectivity index (χ3n) is 2.93.